The summed E-state index contributed by atoms with van der Waals surface area (Å²) in [5.74, 6) is -0.591. The van der Waals surface area contributed by atoms with E-state index in [9.17, 15) is 9.36 Å². The summed E-state index contributed by atoms with van der Waals surface area (Å²) in [6, 6.07) is 25.0. The van der Waals surface area contributed by atoms with Gasteiger partial charge in [-0.1, -0.05) is 69.3 Å². The highest BCUT2D eigenvalue weighted by Crippen LogP contribution is 2.45. The Morgan fingerprint density at radius 2 is 1.19 bits per heavy atom. The first kappa shape index (κ1) is 19.1. The minimum atomic E-state index is -3.54. The lowest BCUT2D eigenvalue weighted by Gasteiger charge is -2.20. The van der Waals surface area contributed by atoms with Crippen molar-refractivity contribution >= 4 is 23.9 Å². The Labute approximate surface area is 160 Å². The maximum absolute atomic E-state index is 13.8. The first-order chi connectivity index (χ1) is 12.8. The van der Waals surface area contributed by atoms with Gasteiger partial charge in [0.25, 0.3) is 0 Å². The number of benzene rings is 3. The maximum atomic E-state index is 13.8. The van der Waals surface area contributed by atoms with Crippen molar-refractivity contribution in [2.24, 2.45) is 0 Å². The highest BCUT2D eigenvalue weighted by atomic mass is 31.2. The van der Waals surface area contributed by atoms with Crippen molar-refractivity contribution in [1.82, 2.24) is 0 Å². The number of carbonyl (C=O) groups excluding carboxylic acids is 1. The highest BCUT2D eigenvalue weighted by Gasteiger charge is 2.32. The molecule has 0 aliphatic heterocycles. The van der Waals surface area contributed by atoms with Gasteiger partial charge in [0.2, 0.25) is 0 Å². The van der Waals surface area contributed by atoms with E-state index in [1.807, 2.05) is 24.3 Å². The van der Waals surface area contributed by atoms with Crippen LogP contribution < -0.4 is 10.6 Å². The van der Waals surface area contributed by atoms with Crippen LogP contribution >= 0.6 is 7.37 Å². The van der Waals surface area contributed by atoms with Crippen LogP contribution in [0.2, 0.25) is 0 Å². The molecule has 0 atom stereocenters. The van der Waals surface area contributed by atoms with Gasteiger partial charge in [0.05, 0.1) is 16.2 Å². The standard InChI is InChI=1S/C23H23O3P/c1-23(2,3)19-16-14-18(15-17-19)22(24)26-27(25,20-10-6-4-7-11-20)21-12-8-5-9-13-21/h4-17H,1-3H3. The van der Waals surface area contributed by atoms with Gasteiger partial charge >= 0.3 is 13.3 Å². The lowest BCUT2D eigenvalue weighted by Crippen LogP contribution is -2.21. The number of carbonyl (C=O) groups is 1. The minimum absolute atomic E-state index is 0.00813. The van der Waals surface area contributed by atoms with Gasteiger partial charge in [-0.15, -0.1) is 0 Å². The number of hydrogen-bond acceptors (Lipinski definition) is 3. The molecule has 0 amide bonds. The predicted octanol–water partition coefficient (Wildman–Crippen LogP) is 5.07. The Bertz CT molecular complexity index is 913. The summed E-state index contributed by atoms with van der Waals surface area (Å²) >= 11 is 0. The van der Waals surface area contributed by atoms with Crippen LogP contribution in [0.4, 0.5) is 0 Å². The second-order valence-corrected chi connectivity index (χ2v) is 9.75. The third kappa shape index (κ3) is 4.20. The van der Waals surface area contributed by atoms with Gasteiger partial charge in [-0.3, -0.25) is 4.57 Å². The van der Waals surface area contributed by atoms with Crippen LogP contribution in [0.25, 0.3) is 0 Å². The van der Waals surface area contributed by atoms with E-state index < -0.39 is 13.3 Å². The van der Waals surface area contributed by atoms with Gasteiger partial charge in [-0.2, -0.15) is 0 Å². The molecule has 0 spiro atoms. The van der Waals surface area contributed by atoms with Crippen LogP contribution in [0.15, 0.2) is 84.9 Å². The predicted molar refractivity (Wildman–Crippen MR) is 110 cm³/mol. The molecule has 0 aliphatic carbocycles. The fourth-order valence-corrected chi connectivity index (χ4v) is 4.76. The highest BCUT2D eigenvalue weighted by molar-refractivity contribution is 7.74. The summed E-state index contributed by atoms with van der Waals surface area (Å²) in [6.07, 6.45) is 0. The third-order valence-electron chi connectivity index (χ3n) is 4.39. The molecular formula is C23H23O3P. The van der Waals surface area contributed by atoms with Gasteiger partial charge in [-0.25, -0.2) is 4.79 Å². The summed E-state index contributed by atoms with van der Waals surface area (Å²) in [4.78, 5) is 12.8. The third-order valence-corrected chi connectivity index (χ3v) is 6.77. The quantitative estimate of drug-likeness (QED) is 0.596. The van der Waals surface area contributed by atoms with E-state index >= 15 is 0 Å². The minimum Gasteiger partial charge on any atom is -0.401 e. The molecule has 0 aromatic heterocycles. The van der Waals surface area contributed by atoms with Crippen molar-refractivity contribution in [2.45, 2.75) is 26.2 Å². The molecule has 0 fully saturated rings. The van der Waals surface area contributed by atoms with Crippen molar-refractivity contribution in [3.8, 4) is 0 Å². The first-order valence-electron chi connectivity index (χ1n) is 8.86. The summed E-state index contributed by atoms with van der Waals surface area (Å²) in [5, 5.41) is 0.992. The molecule has 0 unspecified atom stereocenters. The van der Waals surface area contributed by atoms with Crippen LogP contribution in [0.5, 0.6) is 0 Å². The lowest BCUT2D eigenvalue weighted by atomic mass is 9.87. The zero-order valence-corrected chi connectivity index (χ0v) is 16.6. The topological polar surface area (TPSA) is 43.4 Å². The second-order valence-electron chi connectivity index (χ2n) is 7.43. The molecule has 0 saturated carbocycles. The van der Waals surface area contributed by atoms with E-state index in [2.05, 4.69) is 20.8 Å². The second kappa shape index (κ2) is 7.54. The fraction of sp³-hybridized carbons (Fsp3) is 0.174. The van der Waals surface area contributed by atoms with Crippen molar-refractivity contribution in [3.05, 3.63) is 96.1 Å². The molecule has 138 valence electrons. The summed E-state index contributed by atoms with van der Waals surface area (Å²) in [5.41, 5.74) is 1.50. The molecule has 3 nitrogen and oxygen atoms in total. The molecular weight excluding hydrogens is 355 g/mol. The monoisotopic (exact) mass is 378 g/mol. The van der Waals surface area contributed by atoms with Gasteiger partial charge in [0.1, 0.15) is 0 Å². The van der Waals surface area contributed by atoms with Gasteiger partial charge < -0.3 is 4.52 Å². The smallest absolute Gasteiger partial charge is 0.343 e. The molecule has 0 saturated heterocycles. The van der Waals surface area contributed by atoms with Gasteiger partial charge in [0.15, 0.2) is 0 Å². The Morgan fingerprint density at radius 3 is 1.59 bits per heavy atom. The van der Waals surface area contributed by atoms with Crippen molar-refractivity contribution in [1.29, 1.82) is 0 Å². The molecule has 0 bridgehead atoms. The molecule has 0 radical (unpaired) electrons. The van der Waals surface area contributed by atoms with E-state index in [0.29, 0.717) is 16.2 Å². The largest absolute Gasteiger partial charge is 0.401 e. The van der Waals surface area contributed by atoms with Crippen LogP contribution in [-0.2, 0) is 14.5 Å². The SMILES string of the molecule is CC(C)(C)c1ccc(C(=O)OP(=O)(c2ccccc2)c2ccccc2)cc1. The molecule has 0 aliphatic rings. The number of hydrogen-bond donors (Lipinski definition) is 0. The Kier molecular flexibility index (Phi) is 5.34. The molecule has 3 rings (SSSR count). The van der Waals surface area contributed by atoms with E-state index in [0.717, 1.165) is 5.56 Å². The zero-order valence-electron chi connectivity index (χ0n) is 15.8. The van der Waals surface area contributed by atoms with E-state index in [4.69, 9.17) is 4.52 Å². The van der Waals surface area contributed by atoms with E-state index in [1.165, 1.54) is 0 Å². The molecule has 0 heterocycles. The van der Waals surface area contributed by atoms with Crippen molar-refractivity contribution in [2.75, 3.05) is 0 Å². The summed E-state index contributed by atoms with van der Waals surface area (Å²) in [6.45, 7) is 6.33. The van der Waals surface area contributed by atoms with E-state index in [-0.39, 0.29) is 5.41 Å². The Morgan fingerprint density at radius 1 is 0.741 bits per heavy atom. The number of rotatable bonds is 4. The zero-order chi connectivity index (χ0) is 19.5. The fourth-order valence-electron chi connectivity index (χ4n) is 2.78. The van der Waals surface area contributed by atoms with E-state index in [1.54, 1.807) is 60.7 Å². The maximum Gasteiger partial charge on any atom is 0.343 e. The van der Waals surface area contributed by atoms with Crippen LogP contribution in [0.1, 0.15) is 36.7 Å². The van der Waals surface area contributed by atoms with Gasteiger partial charge in [-0.05, 0) is 47.4 Å². The summed E-state index contributed by atoms with van der Waals surface area (Å²) in [7, 11) is -3.54. The first-order valence-corrected chi connectivity index (χ1v) is 10.5. The summed E-state index contributed by atoms with van der Waals surface area (Å²) < 4.78 is 19.4. The Balaban J connectivity index is 1.96. The molecule has 3 aromatic carbocycles. The van der Waals surface area contributed by atoms with Crippen molar-refractivity contribution < 1.29 is 13.9 Å². The van der Waals surface area contributed by atoms with Crippen molar-refractivity contribution in [3.63, 3.8) is 0 Å². The molecule has 4 heteroatoms. The molecule has 0 N–H and O–H groups in total. The average Bonchev–Trinajstić information content (AvgIpc) is 2.68. The van der Waals surface area contributed by atoms with Gasteiger partial charge in [0, 0.05) is 0 Å². The van der Waals surface area contributed by atoms with Crippen LogP contribution in [0, 0.1) is 0 Å². The molecule has 27 heavy (non-hydrogen) atoms. The Hall–Kier alpha value is -2.64. The average molecular weight is 378 g/mol. The van der Waals surface area contributed by atoms with Crippen LogP contribution in [-0.4, -0.2) is 5.97 Å². The normalized spacial score (nSPS) is 11.8. The molecule has 3 aromatic rings. The lowest BCUT2D eigenvalue weighted by molar-refractivity contribution is 0.0747. The van der Waals surface area contributed by atoms with Crippen LogP contribution in [0.3, 0.4) is 0 Å².